The summed E-state index contributed by atoms with van der Waals surface area (Å²) >= 11 is 0. The summed E-state index contributed by atoms with van der Waals surface area (Å²) in [6.45, 7) is 6.83. The van der Waals surface area contributed by atoms with Gasteiger partial charge in [0.1, 0.15) is 18.1 Å². The zero-order valence-electron chi connectivity index (χ0n) is 22.0. The first-order valence-corrected chi connectivity index (χ1v) is 12.5. The molecule has 3 amide bonds. The van der Waals surface area contributed by atoms with Crippen molar-refractivity contribution < 1.29 is 34.2 Å². The van der Waals surface area contributed by atoms with Crippen LogP contribution in [0.5, 0.6) is 0 Å². The first-order chi connectivity index (χ1) is 17.8. The van der Waals surface area contributed by atoms with E-state index in [0.29, 0.717) is 0 Å². The number of para-hydroxylation sites is 1. The standard InChI is InChI=1S/C26H37N5O7/c1-13(2)9-19(29-23(34)17(27)10-15-12-28-18-8-6-5-7-16(15)18)24(35)30-20(11-21(32)33)25(36)31-22(14(3)4)26(37)38/h5-8,12-14,17,19-20,22,28H,9-11,27H2,1-4H3,(H,29,34)(H,30,35)(H,31,36)(H,32,33)(H,37,38). The van der Waals surface area contributed by atoms with E-state index in [2.05, 4.69) is 20.9 Å². The number of aliphatic carboxylic acids is 2. The second-order valence-corrected chi connectivity index (χ2v) is 10.1. The Labute approximate surface area is 220 Å². The van der Waals surface area contributed by atoms with Crippen molar-refractivity contribution in [1.82, 2.24) is 20.9 Å². The van der Waals surface area contributed by atoms with E-state index in [0.717, 1.165) is 16.5 Å². The molecule has 2 aromatic rings. The third-order valence-corrected chi connectivity index (χ3v) is 6.03. The van der Waals surface area contributed by atoms with Gasteiger partial charge in [-0.25, -0.2) is 4.79 Å². The summed E-state index contributed by atoms with van der Waals surface area (Å²) < 4.78 is 0. The Morgan fingerprint density at radius 2 is 1.50 bits per heavy atom. The molecule has 0 fully saturated rings. The summed E-state index contributed by atoms with van der Waals surface area (Å²) in [5, 5.41) is 26.8. The third kappa shape index (κ3) is 8.58. The first-order valence-electron chi connectivity index (χ1n) is 12.5. The Kier molecular flexibility index (Phi) is 10.8. The minimum atomic E-state index is -1.55. The second kappa shape index (κ2) is 13.6. The van der Waals surface area contributed by atoms with Gasteiger partial charge in [-0.15, -0.1) is 0 Å². The number of hydrogen-bond donors (Lipinski definition) is 7. The maximum Gasteiger partial charge on any atom is 0.326 e. The molecule has 0 bridgehead atoms. The van der Waals surface area contributed by atoms with Crippen LogP contribution in [-0.4, -0.2) is 69.0 Å². The van der Waals surface area contributed by atoms with Crippen molar-refractivity contribution in [2.24, 2.45) is 17.6 Å². The fraction of sp³-hybridized carbons (Fsp3) is 0.500. The lowest BCUT2D eigenvalue weighted by atomic mass is 10.0. The van der Waals surface area contributed by atoms with Crippen molar-refractivity contribution in [3.8, 4) is 0 Å². The van der Waals surface area contributed by atoms with Crippen molar-refractivity contribution in [2.75, 3.05) is 0 Å². The molecule has 4 atom stereocenters. The molecule has 0 aliphatic heterocycles. The molecule has 1 aromatic heterocycles. The minimum absolute atomic E-state index is 0.0417. The number of nitrogens with one attached hydrogen (secondary N) is 4. The number of rotatable bonds is 14. The molecule has 0 saturated heterocycles. The number of aromatic nitrogens is 1. The quantitative estimate of drug-likeness (QED) is 0.185. The number of carbonyl (C=O) groups is 5. The number of carboxylic acids is 2. The van der Waals surface area contributed by atoms with E-state index in [1.165, 1.54) is 0 Å². The Hall–Kier alpha value is -3.93. The molecule has 208 valence electrons. The highest BCUT2D eigenvalue weighted by Crippen LogP contribution is 2.19. The molecule has 1 heterocycles. The molecule has 38 heavy (non-hydrogen) atoms. The van der Waals surface area contributed by atoms with E-state index >= 15 is 0 Å². The van der Waals surface area contributed by atoms with Crippen LogP contribution in [0.15, 0.2) is 30.5 Å². The second-order valence-electron chi connectivity index (χ2n) is 10.1. The van der Waals surface area contributed by atoms with Crippen LogP contribution in [0.4, 0.5) is 0 Å². The lowest BCUT2D eigenvalue weighted by molar-refractivity contribution is -0.144. The summed E-state index contributed by atoms with van der Waals surface area (Å²) in [4.78, 5) is 64.7. The molecule has 1 aromatic carbocycles. The highest BCUT2D eigenvalue weighted by Gasteiger charge is 2.32. The van der Waals surface area contributed by atoms with Crippen molar-refractivity contribution in [3.63, 3.8) is 0 Å². The van der Waals surface area contributed by atoms with Gasteiger partial charge in [0.25, 0.3) is 0 Å². The summed E-state index contributed by atoms with van der Waals surface area (Å²) in [6, 6.07) is 2.67. The van der Waals surface area contributed by atoms with Crippen molar-refractivity contribution in [1.29, 1.82) is 0 Å². The third-order valence-electron chi connectivity index (χ3n) is 6.03. The van der Waals surface area contributed by atoms with Gasteiger partial charge in [-0.3, -0.25) is 19.2 Å². The van der Waals surface area contributed by atoms with E-state index in [1.807, 2.05) is 38.1 Å². The van der Waals surface area contributed by atoms with E-state index in [1.54, 1.807) is 20.0 Å². The van der Waals surface area contributed by atoms with E-state index < -0.39 is 66.2 Å². The van der Waals surface area contributed by atoms with Crippen LogP contribution in [0, 0.1) is 11.8 Å². The largest absolute Gasteiger partial charge is 0.481 e. The topological polar surface area (TPSA) is 204 Å². The lowest BCUT2D eigenvalue weighted by Crippen LogP contribution is -2.58. The van der Waals surface area contributed by atoms with Crippen molar-refractivity contribution in [3.05, 3.63) is 36.0 Å². The average molecular weight is 532 g/mol. The van der Waals surface area contributed by atoms with Crippen LogP contribution in [-0.2, 0) is 30.4 Å². The van der Waals surface area contributed by atoms with Crippen molar-refractivity contribution >= 4 is 40.6 Å². The van der Waals surface area contributed by atoms with Gasteiger partial charge < -0.3 is 36.9 Å². The first kappa shape index (κ1) is 30.3. The van der Waals surface area contributed by atoms with Crippen molar-refractivity contribution in [2.45, 2.75) is 71.1 Å². The van der Waals surface area contributed by atoms with Gasteiger partial charge in [-0.1, -0.05) is 45.9 Å². The summed E-state index contributed by atoms with van der Waals surface area (Å²) in [5.41, 5.74) is 7.89. The Bertz CT molecular complexity index is 1160. The average Bonchev–Trinajstić information content (AvgIpc) is 3.23. The van der Waals surface area contributed by atoms with Crippen LogP contribution in [0.3, 0.4) is 0 Å². The summed E-state index contributed by atoms with van der Waals surface area (Å²) in [6.07, 6.45) is 1.40. The predicted octanol–water partition coefficient (Wildman–Crippen LogP) is 0.754. The Balaban J connectivity index is 2.14. The van der Waals surface area contributed by atoms with E-state index in [-0.39, 0.29) is 18.8 Å². The molecule has 12 nitrogen and oxygen atoms in total. The molecular formula is C26H37N5O7. The Morgan fingerprint density at radius 3 is 2.08 bits per heavy atom. The van der Waals surface area contributed by atoms with Gasteiger partial charge in [-0.2, -0.15) is 0 Å². The van der Waals surface area contributed by atoms with Crippen LogP contribution in [0.25, 0.3) is 10.9 Å². The molecule has 0 saturated carbocycles. The number of carboxylic acid groups (broad SMARTS) is 2. The highest BCUT2D eigenvalue weighted by atomic mass is 16.4. The molecule has 0 radical (unpaired) electrons. The van der Waals surface area contributed by atoms with Gasteiger partial charge in [0, 0.05) is 17.1 Å². The maximum atomic E-state index is 13.1. The predicted molar refractivity (Wildman–Crippen MR) is 140 cm³/mol. The van der Waals surface area contributed by atoms with Crippen LogP contribution >= 0.6 is 0 Å². The molecule has 8 N–H and O–H groups in total. The number of fused-ring (bicyclic) bond motifs is 1. The number of hydrogen-bond acceptors (Lipinski definition) is 6. The van der Waals surface area contributed by atoms with Gasteiger partial charge >= 0.3 is 11.9 Å². The molecule has 0 aliphatic rings. The van der Waals surface area contributed by atoms with E-state index in [9.17, 15) is 34.2 Å². The van der Waals surface area contributed by atoms with Gasteiger partial charge in [0.2, 0.25) is 17.7 Å². The molecular weight excluding hydrogens is 494 g/mol. The number of H-pyrrole nitrogens is 1. The number of nitrogens with two attached hydrogens (primary N) is 1. The lowest BCUT2D eigenvalue weighted by Gasteiger charge is -2.26. The highest BCUT2D eigenvalue weighted by molar-refractivity contribution is 5.95. The number of aromatic amines is 1. The normalized spacial score (nSPS) is 14.5. The van der Waals surface area contributed by atoms with Gasteiger partial charge in [0.15, 0.2) is 0 Å². The molecule has 12 heteroatoms. The smallest absolute Gasteiger partial charge is 0.326 e. The molecule has 2 rings (SSSR count). The Morgan fingerprint density at radius 1 is 0.895 bits per heavy atom. The maximum absolute atomic E-state index is 13.1. The van der Waals surface area contributed by atoms with Crippen LogP contribution in [0.1, 0.15) is 46.1 Å². The fourth-order valence-corrected chi connectivity index (χ4v) is 4.04. The zero-order chi connectivity index (χ0) is 28.6. The fourth-order valence-electron chi connectivity index (χ4n) is 4.04. The van der Waals surface area contributed by atoms with Crippen LogP contribution < -0.4 is 21.7 Å². The van der Waals surface area contributed by atoms with Crippen LogP contribution in [0.2, 0.25) is 0 Å². The molecule has 0 spiro atoms. The number of carbonyl (C=O) groups excluding carboxylic acids is 3. The molecule has 0 aliphatic carbocycles. The number of benzene rings is 1. The van der Waals surface area contributed by atoms with Gasteiger partial charge in [-0.05, 0) is 36.3 Å². The zero-order valence-corrected chi connectivity index (χ0v) is 22.0. The minimum Gasteiger partial charge on any atom is -0.481 e. The summed E-state index contributed by atoms with van der Waals surface area (Å²) in [5.74, 6) is -5.49. The van der Waals surface area contributed by atoms with Gasteiger partial charge in [0.05, 0.1) is 12.5 Å². The number of amides is 3. The SMILES string of the molecule is CC(C)CC(NC(=O)C(N)Cc1c[nH]c2ccccc12)C(=O)NC(CC(=O)O)C(=O)NC(C(=O)O)C(C)C. The van der Waals surface area contributed by atoms with E-state index in [4.69, 9.17) is 5.73 Å². The monoisotopic (exact) mass is 531 g/mol. The summed E-state index contributed by atoms with van der Waals surface area (Å²) in [7, 11) is 0. The molecule has 4 unspecified atom stereocenters.